The third kappa shape index (κ3) is 3.97. The molecule has 3 rings (SSSR count). The maximum absolute atomic E-state index is 12.3. The van der Waals surface area contributed by atoms with Gasteiger partial charge >= 0.3 is 5.97 Å². The van der Waals surface area contributed by atoms with Crippen LogP contribution in [0.25, 0.3) is 0 Å². The van der Waals surface area contributed by atoms with Crippen LogP contribution in [0, 0.1) is 6.92 Å². The summed E-state index contributed by atoms with van der Waals surface area (Å²) in [6, 6.07) is 4.59. The Hall–Kier alpha value is -2.81. The standard InChI is InChI=1S/C18H19N3O5S/c1-11-8-20-15(9-19-11)18(23)26-10-17(22)13-4-5-16-14(7-13)6-12(2)21(16)27(3,24)25/h4-5,7-9,12H,6,10H2,1-3H3/t12-/m1/s1. The van der Waals surface area contributed by atoms with Crippen LogP contribution in [0.5, 0.6) is 0 Å². The van der Waals surface area contributed by atoms with Crippen LogP contribution in [0.2, 0.25) is 0 Å². The monoisotopic (exact) mass is 389 g/mol. The molecule has 27 heavy (non-hydrogen) atoms. The number of carbonyl (C=O) groups is 2. The normalized spacial score (nSPS) is 16.1. The van der Waals surface area contributed by atoms with E-state index in [0.717, 1.165) is 11.8 Å². The topological polar surface area (TPSA) is 107 Å². The van der Waals surface area contributed by atoms with E-state index >= 15 is 0 Å². The highest BCUT2D eigenvalue weighted by molar-refractivity contribution is 7.92. The number of ketones is 1. The zero-order valence-corrected chi connectivity index (χ0v) is 16.0. The molecule has 8 nitrogen and oxygen atoms in total. The van der Waals surface area contributed by atoms with Crippen LogP contribution in [0.15, 0.2) is 30.6 Å². The van der Waals surface area contributed by atoms with Crippen LogP contribution < -0.4 is 4.31 Å². The summed E-state index contributed by atoms with van der Waals surface area (Å²) in [5.74, 6) is -1.11. The SMILES string of the molecule is Cc1cnc(C(=O)OCC(=O)c2ccc3c(c2)C[C@@H](C)N3S(C)(=O)=O)cn1. The Morgan fingerprint density at radius 3 is 2.63 bits per heavy atom. The number of aryl methyl sites for hydroxylation is 1. The van der Waals surface area contributed by atoms with Gasteiger partial charge in [-0.05, 0) is 44.0 Å². The average Bonchev–Trinajstić information content (AvgIpc) is 2.94. The molecule has 0 amide bonds. The number of rotatable bonds is 5. The molecule has 1 atom stereocenters. The summed E-state index contributed by atoms with van der Waals surface area (Å²) < 4.78 is 30.3. The van der Waals surface area contributed by atoms with Crippen molar-refractivity contribution in [2.24, 2.45) is 0 Å². The highest BCUT2D eigenvalue weighted by Crippen LogP contribution is 2.34. The minimum Gasteiger partial charge on any atom is -0.453 e. The van der Waals surface area contributed by atoms with Gasteiger partial charge in [0.05, 0.1) is 23.8 Å². The number of ether oxygens (including phenoxy) is 1. The summed E-state index contributed by atoms with van der Waals surface area (Å²) in [7, 11) is -3.39. The smallest absolute Gasteiger partial charge is 0.358 e. The van der Waals surface area contributed by atoms with Crippen molar-refractivity contribution in [3.8, 4) is 0 Å². The number of sulfonamides is 1. The molecule has 1 aromatic carbocycles. The molecular weight excluding hydrogens is 370 g/mol. The molecule has 0 bridgehead atoms. The molecule has 1 aromatic heterocycles. The van der Waals surface area contributed by atoms with Gasteiger partial charge in [0, 0.05) is 17.8 Å². The summed E-state index contributed by atoms with van der Waals surface area (Å²) >= 11 is 0. The summed E-state index contributed by atoms with van der Waals surface area (Å²) in [5.41, 5.74) is 2.40. The van der Waals surface area contributed by atoms with E-state index in [4.69, 9.17) is 4.74 Å². The summed E-state index contributed by atoms with van der Waals surface area (Å²) in [5, 5.41) is 0. The predicted molar refractivity (Wildman–Crippen MR) is 98.3 cm³/mol. The molecule has 2 heterocycles. The molecule has 0 radical (unpaired) electrons. The number of hydrogen-bond acceptors (Lipinski definition) is 7. The van der Waals surface area contributed by atoms with E-state index in [9.17, 15) is 18.0 Å². The second-order valence-electron chi connectivity index (χ2n) is 6.50. The van der Waals surface area contributed by atoms with E-state index in [0.29, 0.717) is 23.4 Å². The zero-order chi connectivity index (χ0) is 19.8. The van der Waals surface area contributed by atoms with Crippen molar-refractivity contribution in [3.05, 3.63) is 53.1 Å². The first-order valence-electron chi connectivity index (χ1n) is 8.28. The number of carbonyl (C=O) groups excluding carboxylic acids is 2. The molecule has 1 aliphatic heterocycles. The fraction of sp³-hybridized carbons (Fsp3) is 0.333. The largest absolute Gasteiger partial charge is 0.453 e. The van der Waals surface area contributed by atoms with E-state index in [1.165, 1.54) is 22.8 Å². The lowest BCUT2D eigenvalue weighted by Crippen LogP contribution is -2.34. The molecule has 2 aromatic rings. The van der Waals surface area contributed by atoms with Crippen molar-refractivity contribution >= 4 is 27.5 Å². The van der Waals surface area contributed by atoms with Crippen LogP contribution in [-0.4, -0.2) is 49.0 Å². The van der Waals surface area contributed by atoms with Crippen molar-refractivity contribution in [3.63, 3.8) is 0 Å². The quantitative estimate of drug-likeness (QED) is 0.564. The summed E-state index contributed by atoms with van der Waals surface area (Å²) in [6.45, 7) is 3.12. The van der Waals surface area contributed by atoms with Gasteiger partial charge in [0.25, 0.3) is 0 Å². The lowest BCUT2D eigenvalue weighted by atomic mass is 10.0. The Kier molecular flexibility index (Phi) is 4.97. The fourth-order valence-corrected chi connectivity index (χ4v) is 4.33. The molecule has 0 N–H and O–H groups in total. The van der Waals surface area contributed by atoms with E-state index in [-0.39, 0.29) is 17.5 Å². The first-order chi connectivity index (χ1) is 12.7. The average molecular weight is 389 g/mol. The van der Waals surface area contributed by atoms with Crippen LogP contribution in [0.1, 0.15) is 39.0 Å². The highest BCUT2D eigenvalue weighted by atomic mass is 32.2. The molecule has 0 saturated carbocycles. The highest BCUT2D eigenvalue weighted by Gasteiger charge is 2.32. The van der Waals surface area contributed by atoms with Crippen molar-refractivity contribution in [2.75, 3.05) is 17.2 Å². The Morgan fingerprint density at radius 2 is 2.00 bits per heavy atom. The van der Waals surface area contributed by atoms with Gasteiger partial charge in [-0.3, -0.25) is 14.1 Å². The molecule has 9 heteroatoms. The number of hydrogen-bond donors (Lipinski definition) is 0. The van der Waals surface area contributed by atoms with Crippen molar-refractivity contribution in [2.45, 2.75) is 26.3 Å². The van der Waals surface area contributed by atoms with Crippen LogP contribution in [0.3, 0.4) is 0 Å². The number of anilines is 1. The molecule has 0 aliphatic carbocycles. The van der Waals surface area contributed by atoms with Gasteiger partial charge in [0.15, 0.2) is 18.1 Å². The third-order valence-electron chi connectivity index (χ3n) is 4.24. The minimum atomic E-state index is -3.39. The number of nitrogens with zero attached hydrogens (tertiary/aromatic N) is 3. The Bertz CT molecular complexity index is 1000. The van der Waals surface area contributed by atoms with Gasteiger partial charge in [-0.1, -0.05) is 0 Å². The van der Waals surface area contributed by atoms with Crippen molar-refractivity contribution in [1.29, 1.82) is 0 Å². The van der Waals surface area contributed by atoms with Crippen LogP contribution >= 0.6 is 0 Å². The van der Waals surface area contributed by atoms with Gasteiger partial charge in [-0.15, -0.1) is 0 Å². The lowest BCUT2D eigenvalue weighted by Gasteiger charge is -2.21. The van der Waals surface area contributed by atoms with Crippen LogP contribution in [0.4, 0.5) is 5.69 Å². The van der Waals surface area contributed by atoms with E-state index in [2.05, 4.69) is 9.97 Å². The van der Waals surface area contributed by atoms with Crippen molar-refractivity contribution in [1.82, 2.24) is 9.97 Å². The number of benzene rings is 1. The van der Waals surface area contributed by atoms with Gasteiger partial charge < -0.3 is 4.74 Å². The second kappa shape index (κ2) is 7.07. The lowest BCUT2D eigenvalue weighted by molar-refractivity contribution is 0.0468. The van der Waals surface area contributed by atoms with Crippen molar-refractivity contribution < 1.29 is 22.7 Å². The fourth-order valence-electron chi connectivity index (χ4n) is 3.07. The first-order valence-corrected chi connectivity index (χ1v) is 10.1. The Labute approximate surface area is 157 Å². The second-order valence-corrected chi connectivity index (χ2v) is 8.36. The molecule has 142 valence electrons. The molecule has 0 unspecified atom stereocenters. The van der Waals surface area contributed by atoms with Crippen LogP contribution in [-0.2, 0) is 21.2 Å². The minimum absolute atomic E-state index is 0.0278. The Morgan fingerprint density at radius 1 is 1.26 bits per heavy atom. The number of Topliss-reactive ketones (excluding diaryl/α,β-unsaturated/α-hetero) is 1. The number of aromatic nitrogens is 2. The van der Waals surface area contributed by atoms with Gasteiger partial charge in [0.1, 0.15) is 0 Å². The van der Waals surface area contributed by atoms with E-state index in [1.807, 2.05) is 6.92 Å². The number of fused-ring (bicyclic) bond motifs is 1. The molecule has 0 spiro atoms. The third-order valence-corrected chi connectivity index (χ3v) is 5.51. The summed E-state index contributed by atoms with van der Waals surface area (Å²) in [6.07, 6.45) is 4.40. The molecular formula is C18H19N3O5S. The van der Waals surface area contributed by atoms with E-state index < -0.39 is 22.6 Å². The molecule has 1 aliphatic rings. The maximum Gasteiger partial charge on any atom is 0.358 e. The number of esters is 1. The van der Waals surface area contributed by atoms with Gasteiger partial charge in [-0.25, -0.2) is 18.2 Å². The molecule has 0 saturated heterocycles. The first kappa shape index (κ1) is 19.0. The molecule has 0 fully saturated rings. The van der Waals surface area contributed by atoms with Gasteiger partial charge in [-0.2, -0.15) is 0 Å². The van der Waals surface area contributed by atoms with E-state index in [1.54, 1.807) is 19.1 Å². The zero-order valence-electron chi connectivity index (χ0n) is 15.2. The van der Waals surface area contributed by atoms with Gasteiger partial charge in [0.2, 0.25) is 10.0 Å². The predicted octanol–water partition coefficient (Wildman–Crippen LogP) is 1.54. The maximum atomic E-state index is 12.3. The Balaban J connectivity index is 1.71. The summed E-state index contributed by atoms with van der Waals surface area (Å²) in [4.78, 5) is 32.1.